The van der Waals surface area contributed by atoms with Crippen LogP contribution in [-0.4, -0.2) is 69.5 Å². The number of amides is 1. The van der Waals surface area contributed by atoms with Crippen molar-refractivity contribution in [2.45, 2.75) is 18.9 Å². The lowest BCUT2D eigenvalue weighted by molar-refractivity contribution is 0.0766. The highest BCUT2D eigenvalue weighted by atomic mass is 32.2. The minimum Gasteiger partial charge on any atom is -0.366 e. The number of rotatable bonds is 4. The Morgan fingerprint density at radius 2 is 2.00 bits per heavy atom. The van der Waals surface area contributed by atoms with Crippen LogP contribution >= 0.6 is 11.8 Å². The monoisotopic (exact) mass is 384 g/mol. The molecular formula is C19H24N6OS. The van der Waals surface area contributed by atoms with Gasteiger partial charge in [0, 0.05) is 56.6 Å². The van der Waals surface area contributed by atoms with Gasteiger partial charge < -0.3 is 15.1 Å². The van der Waals surface area contributed by atoms with Crippen LogP contribution in [0.15, 0.2) is 36.8 Å². The Labute approximate surface area is 163 Å². The van der Waals surface area contributed by atoms with Gasteiger partial charge in [0.15, 0.2) is 0 Å². The Balaban J connectivity index is 1.36. The van der Waals surface area contributed by atoms with Gasteiger partial charge in [-0.1, -0.05) is 0 Å². The molecule has 4 heterocycles. The predicted molar refractivity (Wildman–Crippen MR) is 108 cm³/mol. The molecular weight excluding hydrogens is 360 g/mol. The van der Waals surface area contributed by atoms with Gasteiger partial charge in [-0.3, -0.25) is 4.79 Å². The van der Waals surface area contributed by atoms with E-state index in [1.165, 1.54) is 12.2 Å². The van der Waals surface area contributed by atoms with Crippen LogP contribution in [0.4, 0.5) is 11.8 Å². The smallest absolute Gasteiger partial charge is 0.255 e. The predicted octanol–water partition coefficient (Wildman–Crippen LogP) is 2.14. The Morgan fingerprint density at radius 1 is 1.11 bits per heavy atom. The molecule has 2 fully saturated rings. The molecule has 0 saturated carbocycles. The van der Waals surface area contributed by atoms with Crippen molar-refractivity contribution in [2.24, 2.45) is 0 Å². The molecule has 0 bridgehead atoms. The van der Waals surface area contributed by atoms with Gasteiger partial charge in [0.1, 0.15) is 5.82 Å². The zero-order valence-electron chi connectivity index (χ0n) is 15.3. The second kappa shape index (κ2) is 8.56. The van der Waals surface area contributed by atoms with Crippen molar-refractivity contribution in [1.82, 2.24) is 19.9 Å². The average molecular weight is 385 g/mol. The molecule has 8 heteroatoms. The fourth-order valence-corrected chi connectivity index (χ4v) is 4.57. The topological polar surface area (TPSA) is 74.2 Å². The van der Waals surface area contributed by atoms with E-state index in [0.29, 0.717) is 18.2 Å². The number of thioether (sulfide) groups is 1. The highest BCUT2D eigenvalue weighted by Crippen LogP contribution is 2.21. The summed E-state index contributed by atoms with van der Waals surface area (Å²) in [7, 11) is 0. The first-order valence-electron chi connectivity index (χ1n) is 9.41. The number of nitrogens with one attached hydrogen (secondary N) is 1. The summed E-state index contributed by atoms with van der Waals surface area (Å²) in [5, 5.41) is 3.44. The Hall–Kier alpha value is -2.35. The van der Waals surface area contributed by atoms with Gasteiger partial charge in [0.25, 0.3) is 5.91 Å². The molecule has 0 aliphatic carbocycles. The summed E-state index contributed by atoms with van der Waals surface area (Å²) < 4.78 is 0. The molecule has 27 heavy (non-hydrogen) atoms. The lowest BCUT2D eigenvalue weighted by atomic mass is 10.2. The second-order valence-electron chi connectivity index (χ2n) is 6.82. The number of anilines is 2. The van der Waals surface area contributed by atoms with Crippen LogP contribution in [0.25, 0.3) is 0 Å². The SMILES string of the molecule is O=C(c1ccc(NC2CCSC2)nc1)N1CCCN(c2ncccn2)CC1. The molecule has 0 spiro atoms. The zero-order chi connectivity index (χ0) is 18.5. The van der Waals surface area contributed by atoms with Gasteiger partial charge in [-0.25, -0.2) is 15.0 Å². The van der Waals surface area contributed by atoms with Crippen LogP contribution < -0.4 is 10.2 Å². The van der Waals surface area contributed by atoms with E-state index in [9.17, 15) is 4.79 Å². The van der Waals surface area contributed by atoms with Gasteiger partial charge in [0.2, 0.25) is 5.95 Å². The molecule has 0 radical (unpaired) electrons. The number of aromatic nitrogens is 3. The number of carbonyl (C=O) groups excluding carboxylic acids is 1. The molecule has 4 rings (SSSR count). The van der Waals surface area contributed by atoms with E-state index in [0.717, 1.165) is 43.6 Å². The summed E-state index contributed by atoms with van der Waals surface area (Å²) in [6.07, 6.45) is 7.26. The van der Waals surface area contributed by atoms with Crippen LogP contribution in [0.3, 0.4) is 0 Å². The second-order valence-corrected chi connectivity index (χ2v) is 7.97. The summed E-state index contributed by atoms with van der Waals surface area (Å²) in [4.78, 5) is 30.0. The van der Waals surface area contributed by atoms with Gasteiger partial charge in [-0.2, -0.15) is 11.8 Å². The Morgan fingerprint density at radius 3 is 2.74 bits per heavy atom. The maximum Gasteiger partial charge on any atom is 0.255 e. The van der Waals surface area contributed by atoms with E-state index in [2.05, 4.69) is 25.2 Å². The minimum absolute atomic E-state index is 0.0429. The van der Waals surface area contributed by atoms with E-state index in [-0.39, 0.29) is 5.91 Å². The fourth-order valence-electron chi connectivity index (χ4n) is 3.42. The van der Waals surface area contributed by atoms with Gasteiger partial charge in [-0.15, -0.1) is 0 Å². The van der Waals surface area contributed by atoms with Crippen molar-refractivity contribution in [3.63, 3.8) is 0 Å². The maximum absolute atomic E-state index is 12.9. The Kier molecular flexibility index (Phi) is 5.72. The summed E-state index contributed by atoms with van der Waals surface area (Å²) >= 11 is 1.96. The standard InChI is InChI=1S/C19H24N6OS/c26-18(15-3-4-17(22-13-15)23-16-5-12-27-14-16)24-8-2-9-25(11-10-24)19-20-6-1-7-21-19/h1,3-4,6-7,13,16H,2,5,8-12,14H2,(H,22,23). The highest BCUT2D eigenvalue weighted by molar-refractivity contribution is 7.99. The summed E-state index contributed by atoms with van der Waals surface area (Å²) in [5.74, 6) is 3.95. The third-order valence-electron chi connectivity index (χ3n) is 4.91. The van der Waals surface area contributed by atoms with Crippen molar-refractivity contribution < 1.29 is 4.79 Å². The van der Waals surface area contributed by atoms with Crippen molar-refractivity contribution in [2.75, 3.05) is 47.9 Å². The molecule has 1 amide bonds. The largest absolute Gasteiger partial charge is 0.366 e. The van der Waals surface area contributed by atoms with Crippen LogP contribution in [0.2, 0.25) is 0 Å². The van der Waals surface area contributed by atoms with Gasteiger partial charge in [-0.05, 0) is 36.8 Å². The molecule has 7 nitrogen and oxygen atoms in total. The Bertz CT molecular complexity index is 751. The first-order valence-corrected chi connectivity index (χ1v) is 10.6. The van der Waals surface area contributed by atoms with E-state index in [1.54, 1.807) is 18.6 Å². The van der Waals surface area contributed by atoms with Gasteiger partial charge in [0.05, 0.1) is 5.56 Å². The number of pyridine rings is 1. The average Bonchev–Trinajstić information content (AvgIpc) is 3.10. The minimum atomic E-state index is 0.0429. The van der Waals surface area contributed by atoms with Gasteiger partial charge >= 0.3 is 0 Å². The number of hydrogen-bond donors (Lipinski definition) is 1. The quantitative estimate of drug-likeness (QED) is 0.866. The van der Waals surface area contributed by atoms with Crippen LogP contribution in [0.5, 0.6) is 0 Å². The molecule has 2 aromatic heterocycles. The molecule has 2 saturated heterocycles. The molecule has 142 valence electrons. The highest BCUT2D eigenvalue weighted by Gasteiger charge is 2.22. The van der Waals surface area contributed by atoms with E-state index < -0.39 is 0 Å². The number of carbonyl (C=O) groups is 1. The lowest BCUT2D eigenvalue weighted by Gasteiger charge is -2.22. The molecule has 1 unspecified atom stereocenters. The molecule has 0 aromatic carbocycles. The maximum atomic E-state index is 12.9. The molecule has 2 aliphatic heterocycles. The van der Waals surface area contributed by atoms with Crippen molar-refractivity contribution in [1.29, 1.82) is 0 Å². The van der Waals surface area contributed by atoms with Crippen LogP contribution in [0.1, 0.15) is 23.2 Å². The van der Waals surface area contributed by atoms with E-state index in [4.69, 9.17) is 0 Å². The van der Waals surface area contributed by atoms with E-state index >= 15 is 0 Å². The number of hydrogen-bond acceptors (Lipinski definition) is 7. The fraction of sp³-hybridized carbons (Fsp3) is 0.474. The lowest BCUT2D eigenvalue weighted by Crippen LogP contribution is -2.35. The summed E-state index contributed by atoms with van der Waals surface area (Å²) in [5.41, 5.74) is 0.644. The van der Waals surface area contributed by atoms with E-state index in [1.807, 2.05) is 34.9 Å². The van der Waals surface area contributed by atoms with Crippen molar-refractivity contribution in [3.8, 4) is 0 Å². The summed E-state index contributed by atoms with van der Waals surface area (Å²) in [6, 6.07) is 6.09. The van der Waals surface area contributed by atoms with Crippen LogP contribution in [0, 0.1) is 0 Å². The third-order valence-corrected chi connectivity index (χ3v) is 6.07. The molecule has 1 atom stereocenters. The third kappa shape index (κ3) is 4.50. The number of nitrogens with zero attached hydrogens (tertiary/aromatic N) is 5. The van der Waals surface area contributed by atoms with Crippen LogP contribution in [-0.2, 0) is 0 Å². The summed E-state index contributed by atoms with van der Waals surface area (Å²) in [6.45, 7) is 2.99. The molecule has 2 aromatic rings. The normalized spacial score (nSPS) is 20.4. The van der Waals surface area contributed by atoms with Crippen molar-refractivity contribution in [3.05, 3.63) is 42.4 Å². The zero-order valence-corrected chi connectivity index (χ0v) is 16.1. The molecule has 1 N–H and O–H groups in total. The first kappa shape index (κ1) is 18.0. The molecule has 2 aliphatic rings. The first-order chi connectivity index (χ1) is 13.3. The van der Waals surface area contributed by atoms with Crippen molar-refractivity contribution >= 4 is 29.4 Å².